The van der Waals surface area contributed by atoms with E-state index in [-0.39, 0.29) is 0 Å². The highest BCUT2D eigenvalue weighted by Crippen LogP contribution is 2.29. The van der Waals surface area contributed by atoms with Crippen LogP contribution in [-0.2, 0) is 18.9 Å². The summed E-state index contributed by atoms with van der Waals surface area (Å²) in [7, 11) is 0. The molecule has 0 amide bonds. The molecule has 10 heteroatoms. The summed E-state index contributed by atoms with van der Waals surface area (Å²) in [5.41, 5.74) is 0. The number of hydrogen-bond donors (Lipinski definition) is 6. The molecule has 0 aromatic rings. The summed E-state index contributed by atoms with van der Waals surface area (Å²) in [6.07, 6.45) is -6.59. The summed E-state index contributed by atoms with van der Waals surface area (Å²) in [6.45, 7) is 3.46. The van der Waals surface area contributed by atoms with E-state index in [9.17, 15) is 30.6 Å². The Morgan fingerprint density at radius 1 is 0.733 bits per heavy atom. The SMILES string of the molecule is CCCCCCCCO[C@H]1O[C@H](CO)[C@H](O)[C@H](O)[C@H]1O[C@@H]1O[C@@H](C)[C@@H](O)[C@@H](O)[C@@H]1O. The summed E-state index contributed by atoms with van der Waals surface area (Å²) in [5.74, 6) is 0. The summed E-state index contributed by atoms with van der Waals surface area (Å²) >= 11 is 0. The van der Waals surface area contributed by atoms with E-state index in [4.69, 9.17) is 18.9 Å². The van der Waals surface area contributed by atoms with Crippen molar-refractivity contribution in [3.05, 3.63) is 0 Å². The number of aliphatic hydroxyl groups is 6. The average Bonchev–Trinajstić information content (AvgIpc) is 2.74. The molecular weight excluding hydrogens is 400 g/mol. The van der Waals surface area contributed by atoms with Crippen molar-refractivity contribution in [2.45, 2.75) is 114 Å². The molecule has 0 spiro atoms. The predicted octanol–water partition coefficient (Wildman–Crippen LogP) is -0.985. The van der Waals surface area contributed by atoms with Gasteiger partial charge in [-0.05, 0) is 13.3 Å². The molecule has 6 N–H and O–H groups in total. The Bertz CT molecular complexity index is 481. The number of aliphatic hydroxyl groups excluding tert-OH is 6. The zero-order valence-corrected chi connectivity index (χ0v) is 17.7. The Balaban J connectivity index is 1.97. The second kappa shape index (κ2) is 12.6. The highest BCUT2D eigenvalue weighted by Gasteiger charge is 2.50. The second-order valence-corrected chi connectivity index (χ2v) is 8.13. The zero-order chi connectivity index (χ0) is 22.3. The van der Waals surface area contributed by atoms with E-state index in [0.717, 1.165) is 32.1 Å². The Hall–Kier alpha value is -0.400. The molecular formula is C20H38O10. The van der Waals surface area contributed by atoms with E-state index in [0.29, 0.717) is 6.61 Å². The van der Waals surface area contributed by atoms with E-state index in [1.807, 2.05) is 0 Å². The maximum Gasteiger partial charge on any atom is 0.187 e. The van der Waals surface area contributed by atoms with Gasteiger partial charge in [0.1, 0.15) is 42.7 Å². The molecule has 30 heavy (non-hydrogen) atoms. The minimum atomic E-state index is -1.57. The maximum atomic E-state index is 10.5. The first-order valence-corrected chi connectivity index (χ1v) is 10.9. The molecule has 0 unspecified atom stereocenters. The van der Waals surface area contributed by atoms with Gasteiger partial charge in [0, 0.05) is 6.61 Å². The second-order valence-electron chi connectivity index (χ2n) is 8.13. The van der Waals surface area contributed by atoms with Crippen LogP contribution in [0.4, 0.5) is 0 Å². The number of unbranched alkanes of at least 4 members (excludes halogenated alkanes) is 5. The van der Waals surface area contributed by atoms with Gasteiger partial charge in [-0.3, -0.25) is 0 Å². The molecule has 0 aromatic heterocycles. The molecule has 2 saturated heterocycles. The summed E-state index contributed by atoms with van der Waals surface area (Å²) in [4.78, 5) is 0. The lowest BCUT2D eigenvalue weighted by atomic mass is 9.97. The molecule has 0 bridgehead atoms. The quantitative estimate of drug-likeness (QED) is 0.221. The molecule has 2 aliphatic heterocycles. The molecule has 0 aromatic carbocycles. The van der Waals surface area contributed by atoms with Crippen LogP contribution in [-0.4, -0.2) is 105 Å². The molecule has 2 fully saturated rings. The lowest BCUT2D eigenvalue weighted by Gasteiger charge is -2.45. The Morgan fingerprint density at radius 3 is 2.07 bits per heavy atom. The highest BCUT2D eigenvalue weighted by molar-refractivity contribution is 4.93. The standard InChI is InChI=1S/C20H38O10/c1-3-4-5-6-7-8-9-27-20-18(16(25)14(23)12(10-21)29-20)30-19-17(26)15(24)13(22)11(2)28-19/h11-26H,3-10H2,1-2H3/t11-,12+,13+,14-,15+,16-,17-,18+,19-,20-/m0/s1. The normalized spacial score (nSPS) is 42.4. The van der Waals surface area contributed by atoms with Gasteiger partial charge in [-0.25, -0.2) is 0 Å². The van der Waals surface area contributed by atoms with Crippen molar-refractivity contribution < 1.29 is 49.6 Å². The number of rotatable bonds is 11. The lowest BCUT2D eigenvalue weighted by Crippen LogP contribution is -2.64. The van der Waals surface area contributed by atoms with Crippen LogP contribution in [0.15, 0.2) is 0 Å². The third kappa shape index (κ3) is 6.55. The molecule has 0 saturated carbocycles. The third-order valence-electron chi connectivity index (χ3n) is 5.70. The van der Waals surface area contributed by atoms with Crippen molar-refractivity contribution in [3.8, 4) is 0 Å². The smallest absolute Gasteiger partial charge is 0.187 e. The van der Waals surface area contributed by atoms with Crippen LogP contribution in [0, 0.1) is 0 Å². The molecule has 2 heterocycles. The number of ether oxygens (including phenoxy) is 4. The predicted molar refractivity (Wildman–Crippen MR) is 104 cm³/mol. The van der Waals surface area contributed by atoms with Crippen molar-refractivity contribution in [2.75, 3.05) is 13.2 Å². The van der Waals surface area contributed by atoms with E-state index in [2.05, 4.69) is 6.92 Å². The minimum Gasteiger partial charge on any atom is -0.394 e. The Morgan fingerprint density at radius 2 is 1.40 bits per heavy atom. The third-order valence-corrected chi connectivity index (χ3v) is 5.70. The molecule has 10 nitrogen and oxygen atoms in total. The van der Waals surface area contributed by atoms with Gasteiger partial charge in [0.15, 0.2) is 12.6 Å². The molecule has 10 atom stereocenters. The Labute approximate surface area is 177 Å². The van der Waals surface area contributed by atoms with Crippen LogP contribution in [0.3, 0.4) is 0 Å². The van der Waals surface area contributed by atoms with Crippen LogP contribution in [0.2, 0.25) is 0 Å². The van der Waals surface area contributed by atoms with Crippen molar-refractivity contribution in [2.24, 2.45) is 0 Å². The van der Waals surface area contributed by atoms with E-state index in [1.54, 1.807) is 0 Å². The van der Waals surface area contributed by atoms with Crippen molar-refractivity contribution in [3.63, 3.8) is 0 Å². The van der Waals surface area contributed by atoms with Gasteiger partial charge >= 0.3 is 0 Å². The van der Waals surface area contributed by atoms with E-state index < -0.39 is 68.0 Å². The van der Waals surface area contributed by atoms with Crippen LogP contribution in [0.25, 0.3) is 0 Å². The topological polar surface area (TPSA) is 158 Å². The maximum absolute atomic E-state index is 10.5. The summed E-state index contributed by atoms with van der Waals surface area (Å²) in [6, 6.07) is 0. The van der Waals surface area contributed by atoms with Crippen LogP contribution < -0.4 is 0 Å². The van der Waals surface area contributed by atoms with Gasteiger partial charge in [-0.2, -0.15) is 0 Å². The molecule has 0 aliphatic carbocycles. The first kappa shape index (κ1) is 25.9. The van der Waals surface area contributed by atoms with E-state index >= 15 is 0 Å². The highest BCUT2D eigenvalue weighted by atomic mass is 16.8. The van der Waals surface area contributed by atoms with Gasteiger partial charge in [0.2, 0.25) is 0 Å². The molecule has 178 valence electrons. The van der Waals surface area contributed by atoms with Crippen molar-refractivity contribution in [1.29, 1.82) is 0 Å². The fourth-order valence-corrected chi connectivity index (χ4v) is 3.70. The summed E-state index contributed by atoms with van der Waals surface area (Å²) in [5, 5.41) is 60.1. The van der Waals surface area contributed by atoms with Gasteiger partial charge in [-0.15, -0.1) is 0 Å². The first-order chi connectivity index (χ1) is 14.3. The molecule has 2 rings (SSSR count). The van der Waals surface area contributed by atoms with E-state index in [1.165, 1.54) is 13.3 Å². The van der Waals surface area contributed by atoms with Gasteiger partial charge < -0.3 is 49.6 Å². The first-order valence-electron chi connectivity index (χ1n) is 10.9. The minimum absolute atomic E-state index is 0.323. The Kier molecular flexibility index (Phi) is 10.9. The fraction of sp³-hybridized carbons (Fsp3) is 1.00. The summed E-state index contributed by atoms with van der Waals surface area (Å²) < 4.78 is 22.4. The van der Waals surface area contributed by atoms with Crippen molar-refractivity contribution in [1.82, 2.24) is 0 Å². The monoisotopic (exact) mass is 438 g/mol. The fourth-order valence-electron chi connectivity index (χ4n) is 3.70. The largest absolute Gasteiger partial charge is 0.394 e. The van der Waals surface area contributed by atoms with Gasteiger partial charge in [0.25, 0.3) is 0 Å². The molecule has 0 radical (unpaired) electrons. The lowest BCUT2D eigenvalue weighted by molar-refractivity contribution is -0.364. The van der Waals surface area contributed by atoms with Crippen molar-refractivity contribution >= 4 is 0 Å². The van der Waals surface area contributed by atoms with Crippen LogP contribution >= 0.6 is 0 Å². The van der Waals surface area contributed by atoms with Gasteiger partial charge in [0.05, 0.1) is 12.7 Å². The number of hydrogen-bond acceptors (Lipinski definition) is 10. The molecule has 2 aliphatic rings. The zero-order valence-electron chi connectivity index (χ0n) is 17.7. The van der Waals surface area contributed by atoms with Crippen LogP contribution in [0.5, 0.6) is 0 Å². The van der Waals surface area contributed by atoms with Gasteiger partial charge in [-0.1, -0.05) is 39.0 Å². The average molecular weight is 439 g/mol. The van der Waals surface area contributed by atoms with Crippen LogP contribution in [0.1, 0.15) is 52.4 Å².